The van der Waals surface area contributed by atoms with E-state index >= 15 is 0 Å². The highest BCUT2D eigenvalue weighted by atomic mass is 16.5. The Morgan fingerprint density at radius 3 is 2.40 bits per heavy atom. The summed E-state index contributed by atoms with van der Waals surface area (Å²) in [6.07, 6.45) is 11.0. The molecule has 0 unspecified atom stereocenters. The van der Waals surface area contributed by atoms with Gasteiger partial charge in [-0.3, -0.25) is 4.79 Å². The molecule has 2 aliphatic heterocycles. The molecule has 2 heterocycles. The van der Waals surface area contributed by atoms with E-state index in [1.54, 1.807) is 6.92 Å². The zero-order valence-electron chi connectivity index (χ0n) is 16.0. The van der Waals surface area contributed by atoms with Crippen LogP contribution in [0.1, 0.15) is 58.3 Å². The molecule has 4 aliphatic rings. The second-order valence-corrected chi connectivity index (χ2v) is 9.39. The number of piperidine rings is 1. The smallest absolute Gasteiger partial charge is 0.219 e. The van der Waals surface area contributed by atoms with Gasteiger partial charge in [0.1, 0.15) is 0 Å². The quantitative estimate of drug-likeness (QED) is 0.739. The minimum absolute atomic E-state index is 0.248. The summed E-state index contributed by atoms with van der Waals surface area (Å²) in [7, 11) is 0. The van der Waals surface area contributed by atoms with Gasteiger partial charge in [0.05, 0.1) is 6.61 Å². The molecule has 0 aromatic heterocycles. The summed E-state index contributed by atoms with van der Waals surface area (Å²) in [6, 6.07) is 0. The monoisotopic (exact) mass is 348 g/mol. The van der Waals surface area contributed by atoms with Crippen molar-refractivity contribution in [2.45, 2.75) is 58.3 Å². The maximum atomic E-state index is 12.0. The van der Waals surface area contributed by atoms with Gasteiger partial charge >= 0.3 is 0 Å². The van der Waals surface area contributed by atoms with Crippen LogP contribution in [-0.2, 0) is 9.53 Å². The molecule has 4 rings (SSSR count). The Kier molecular flexibility index (Phi) is 5.38. The fourth-order valence-electron chi connectivity index (χ4n) is 5.47. The van der Waals surface area contributed by atoms with Gasteiger partial charge in [-0.2, -0.15) is 0 Å². The summed E-state index contributed by atoms with van der Waals surface area (Å²) in [5.74, 6) is 2.57. The lowest BCUT2D eigenvalue weighted by atomic mass is 9.71. The van der Waals surface area contributed by atoms with Crippen molar-refractivity contribution in [3.8, 4) is 0 Å². The van der Waals surface area contributed by atoms with Crippen LogP contribution in [0.25, 0.3) is 0 Å². The van der Waals surface area contributed by atoms with Gasteiger partial charge in [0.15, 0.2) is 0 Å². The largest absolute Gasteiger partial charge is 0.381 e. The molecule has 0 aromatic rings. The average molecular weight is 349 g/mol. The summed E-state index contributed by atoms with van der Waals surface area (Å²) in [4.78, 5) is 16.8. The van der Waals surface area contributed by atoms with Crippen LogP contribution < -0.4 is 0 Å². The number of carbonyl (C=O) groups excluding carboxylic acids is 1. The van der Waals surface area contributed by atoms with E-state index in [4.69, 9.17) is 4.74 Å². The molecular formula is C21H36N2O2. The van der Waals surface area contributed by atoms with Gasteiger partial charge in [0.25, 0.3) is 0 Å². The topological polar surface area (TPSA) is 32.8 Å². The predicted molar refractivity (Wildman–Crippen MR) is 99.4 cm³/mol. The number of nitrogens with zero attached hydrogens (tertiary/aromatic N) is 2. The highest BCUT2D eigenvalue weighted by Crippen LogP contribution is 2.45. The van der Waals surface area contributed by atoms with E-state index in [2.05, 4.69) is 9.80 Å². The van der Waals surface area contributed by atoms with E-state index < -0.39 is 0 Å². The third-order valence-corrected chi connectivity index (χ3v) is 7.47. The van der Waals surface area contributed by atoms with Crippen LogP contribution in [0.4, 0.5) is 0 Å². The molecule has 4 nitrogen and oxygen atoms in total. The Labute approximate surface area is 153 Å². The van der Waals surface area contributed by atoms with Gasteiger partial charge < -0.3 is 14.5 Å². The third-order valence-electron chi connectivity index (χ3n) is 7.47. The Morgan fingerprint density at radius 1 is 1.04 bits per heavy atom. The zero-order chi connectivity index (χ0) is 17.3. The first-order chi connectivity index (χ1) is 12.1. The third kappa shape index (κ3) is 4.21. The molecule has 4 fully saturated rings. The lowest BCUT2D eigenvalue weighted by Gasteiger charge is -2.43. The van der Waals surface area contributed by atoms with Crippen molar-refractivity contribution in [3.05, 3.63) is 0 Å². The molecule has 142 valence electrons. The first-order valence-corrected chi connectivity index (χ1v) is 10.7. The molecule has 2 saturated carbocycles. The number of hydrogen-bond acceptors (Lipinski definition) is 3. The van der Waals surface area contributed by atoms with Crippen LogP contribution in [0.3, 0.4) is 0 Å². The number of ether oxygens (including phenoxy) is 1. The van der Waals surface area contributed by atoms with Gasteiger partial charge in [-0.05, 0) is 68.9 Å². The van der Waals surface area contributed by atoms with Crippen molar-refractivity contribution in [1.29, 1.82) is 0 Å². The molecule has 25 heavy (non-hydrogen) atoms. The van der Waals surface area contributed by atoms with Crippen LogP contribution in [-0.4, -0.2) is 61.6 Å². The SMILES string of the molecule is CC(=O)N1C[C@@H](COCC2CC2)C2(CCN(CC3CCCC3)CC2)C1. The molecule has 1 amide bonds. The molecular weight excluding hydrogens is 312 g/mol. The first kappa shape index (κ1) is 17.8. The number of amides is 1. The molecule has 0 radical (unpaired) electrons. The van der Waals surface area contributed by atoms with Crippen LogP contribution in [0.5, 0.6) is 0 Å². The molecule has 1 spiro atoms. The number of carbonyl (C=O) groups is 1. The predicted octanol–water partition coefficient (Wildman–Crippen LogP) is 3.16. The van der Waals surface area contributed by atoms with E-state index in [-0.39, 0.29) is 5.91 Å². The average Bonchev–Trinajstić information content (AvgIpc) is 3.15. The summed E-state index contributed by atoms with van der Waals surface area (Å²) in [5, 5.41) is 0. The standard InChI is InChI=1S/C21H36N2O2/c1-17(24)23-13-20(15-25-14-19-6-7-19)21(16-23)8-10-22(11-9-21)12-18-4-2-3-5-18/h18-20H,2-16H2,1H3/t20-/m0/s1. The van der Waals surface area contributed by atoms with Crippen molar-refractivity contribution >= 4 is 5.91 Å². The Hall–Kier alpha value is -0.610. The molecule has 0 N–H and O–H groups in total. The van der Waals surface area contributed by atoms with E-state index in [1.165, 1.54) is 71.0 Å². The Balaban J connectivity index is 1.32. The van der Waals surface area contributed by atoms with Crippen molar-refractivity contribution in [3.63, 3.8) is 0 Å². The van der Waals surface area contributed by atoms with Crippen molar-refractivity contribution in [2.75, 3.05) is 45.9 Å². The lowest BCUT2D eigenvalue weighted by molar-refractivity contribution is -0.128. The zero-order valence-corrected chi connectivity index (χ0v) is 16.0. The van der Waals surface area contributed by atoms with Crippen LogP contribution in [0, 0.1) is 23.2 Å². The maximum Gasteiger partial charge on any atom is 0.219 e. The summed E-state index contributed by atoms with van der Waals surface area (Å²) in [6.45, 7) is 9.19. The molecule has 1 atom stereocenters. The summed E-state index contributed by atoms with van der Waals surface area (Å²) in [5.41, 5.74) is 0.321. The lowest BCUT2D eigenvalue weighted by Crippen LogP contribution is -2.46. The van der Waals surface area contributed by atoms with Crippen molar-refractivity contribution in [1.82, 2.24) is 9.80 Å². The normalized spacial score (nSPS) is 30.4. The minimum Gasteiger partial charge on any atom is -0.381 e. The van der Waals surface area contributed by atoms with Crippen molar-refractivity contribution < 1.29 is 9.53 Å². The highest BCUT2D eigenvalue weighted by Gasteiger charge is 2.48. The molecule has 0 aromatic carbocycles. The van der Waals surface area contributed by atoms with E-state index in [0.29, 0.717) is 11.3 Å². The van der Waals surface area contributed by atoms with Crippen LogP contribution in [0.15, 0.2) is 0 Å². The van der Waals surface area contributed by atoms with E-state index in [9.17, 15) is 4.79 Å². The summed E-state index contributed by atoms with van der Waals surface area (Å²) < 4.78 is 6.08. The first-order valence-electron chi connectivity index (χ1n) is 10.7. The molecule has 4 heteroatoms. The fraction of sp³-hybridized carbons (Fsp3) is 0.952. The second-order valence-electron chi connectivity index (χ2n) is 9.39. The second kappa shape index (κ2) is 7.56. The van der Waals surface area contributed by atoms with Gasteiger partial charge in [0, 0.05) is 39.1 Å². The maximum absolute atomic E-state index is 12.0. The van der Waals surface area contributed by atoms with Gasteiger partial charge in [-0.25, -0.2) is 0 Å². The summed E-state index contributed by atoms with van der Waals surface area (Å²) >= 11 is 0. The van der Waals surface area contributed by atoms with Gasteiger partial charge in [-0.15, -0.1) is 0 Å². The van der Waals surface area contributed by atoms with Crippen LogP contribution in [0.2, 0.25) is 0 Å². The van der Waals surface area contributed by atoms with Crippen LogP contribution >= 0.6 is 0 Å². The number of rotatable bonds is 6. The number of hydrogen-bond donors (Lipinski definition) is 0. The van der Waals surface area contributed by atoms with E-state index in [0.717, 1.165) is 38.1 Å². The Morgan fingerprint density at radius 2 is 1.76 bits per heavy atom. The fourth-order valence-corrected chi connectivity index (χ4v) is 5.47. The Bertz CT molecular complexity index is 463. The van der Waals surface area contributed by atoms with E-state index in [1.807, 2.05) is 0 Å². The number of likely N-dealkylation sites (tertiary alicyclic amines) is 2. The molecule has 2 aliphatic carbocycles. The molecule has 0 bridgehead atoms. The highest BCUT2D eigenvalue weighted by molar-refractivity contribution is 5.73. The van der Waals surface area contributed by atoms with Gasteiger partial charge in [-0.1, -0.05) is 12.8 Å². The minimum atomic E-state index is 0.248. The van der Waals surface area contributed by atoms with Crippen molar-refractivity contribution in [2.24, 2.45) is 23.2 Å². The molecule has 2 saturated heterocycles. The van der Waals surface area contributed by atoms with Gasteiger partial charge in [0.2, 0.25) is 5.91 Å².